The van der Waals surface area contributed by atoms with Crippen LogP contribution in [0.5, 0.6) is 17.5 Å². The van der Waals surface area contributed by atoms with Crippen molar-refractivity contribution in [3.8, 4) is 17.5 Å². The van der Waals surface area contributed by atoms with Crippen molar-refractivity contribution in [2.45, 2.75) is 0 Å². The van der Waals surface area contributed by atoms with E-state index in [9.17, 15) is 0 Å². The Balaban J connectivity index is 2.19. The summed E-state index contributed by atoms with van der Waals surface area (Å²) in [7, 11) is 3.28. The first-order chi connectivity index (χ1) is 8.71. The Kier molecular flexibility index (Phi) is 3.78. The lowest BCUT2D eigenvalue weighted by atomic mass is 10.3. The summed E-state index contributed by atoms with van der Waals surface area (Å²) in [6, 6.07) is 7.17. The summed E-state index contributed by atoms with van der Waals surface area (Å²) in [4.78, 5) is 11.7. The van der Waals surface area contributed by atoms with Crippen molar-refractivity contribution in [3.63, 3.8) is 0 Å². The van der Waals surface area contributed by atoms with E-state index >= 15 is 0 Å². The fourth-order valence-electron chi connectivity index (χ4n) is 1.24. The summed E-state index contributed by atoms with van der Waals surface area (Å²) in [5, 5.41) is 2.83. The topological polar surface area (TPSA) is 69.2 Å². The van der Waals surface area contributed by atoms with Gasteiger partial charge in [-0.15, -0.1) is 0 Å². The normalized spacial score (nSPS) is 9.94. The van der Waals surface area contributed by atoms with E-state index in [4.69, 9.17) is 21.1 Å². The molecule has 0 radical (unpaired) electrons. The number of rotatable bonds is 4. The number of aromatic nitrogens is 3. The van der Waals surface area contributed by atoms with E-state index in [-0.39, 0.29) is 11.3 Å². The molecule has 1 aromatic carbocycles. The number of nitrogens with zero attached hydrogens (tertiary/aromatic N) is 3. The molecular weight excluding hydrogens is 256 g/mol. The summed E-state index contributed by atoms with van der Waals surface area (Å²) in [6.07, 6.45) is 0. The molecular formula is C11H11ClN4O2. The molecule has 1 heterocycles. The maximum absolute atomic E-state index is 5.74. The van der Waals surface area contributed by atoms with Crippen LogP contribution < -0.4 is 14.8 Å². The summed E-state index contributed by atoms with van der Waals surface area (Å²) in [6.45, 7) is 0. The Bertz CT molecular complexity index is 533. The average molecular weight is 267 g/mol. The van der Waals surface area contributed by atoms with Crippen LogP contribution in [0, 0.1) is 0 Å². The number of anilines is 1. The molecule has 7 heteroatoms. The molecule has 0 atom stereocenters. The molecule has 0 saturated carbocycles. The van der Waals surface area contributed by atoms with E-state index < -0.39 is 0 Å². The van der Waals surface area contributed by atoms with Gasteiger partial charge in [0.15, 0.2) is 0 Å². The number of ether oxygens (including phenoxy) is 2. The largest absolute Gasteiger partial charge is 0.497 e. The highest BCUT2D eigenvalue weighted by molar-refractivity contribution is 6.28. The van der Waals surface area contributed by atoms with Gasteiger partial charge in [-0.05, 0) is 35.9 Å². The van der Waals surface area contributed by atoms with E-state index in [2.05, 4.69) is 20.3 Å². The molecule has 0 saturated heterocycles. The zero-order valence-corrected chi connectivity index (χ0v) is 10.6. The van der Waals surface area contributed by atoms with Crippen LogP contribution in [0.3, 0.4) is 0 Å². The van der Waals surface area contributed by atoms with Crippen molar-refractivity contribution < 1.29 is 9.47 Å². The Hall–Kier alpha value is -2.08. The highest BCUT2D eigenvalue weighted by atomic mass is 35.5. The van der Waals surface area contributed by atoms with Crippen molar-refractivity contribution >= 4 is 17.5 Å². The van der Waals surface area contributed by atoms with E-state index in [0.717, 1.165) is 5.75 Å². The van der Waals surface area contributed by atoms with Gasteiger partial charge in [0.2, 0.25) is 11.2 Å². The Morgan fingerprint density at radius 3 is 2.33 bits per heavy atom. The van der Waals surface area contributed by atoms with Crippen molar-refractivity contribution in [1.82, 2.24) is 15.0 Å². The Labute approximate surface area is 109 Å². The lowest BCUT2D eigenvalue weighted by molar-refractivity contribution is 0.410. The quantitative estimate of drug-likeness (QED) is 0.916. The number of halogens is 1. The maximum atomic E-state index is 5.74. The minimum Gasteiger partial charge on any atom is -0.497 e. The standard InChI is InChI=1S/C11H11ClN4O2/c1-13-10-14-9(12)15-11(16-10)18-8-5-3-7(17-2)4-6-8/h3-6H,1-2H3,(H,13,14,15,16). The van der Waals surface area contributed by atoms with Crippen LogP contribution in [0.4, 0.5) is 5.95 Å². The molecule has 0 amide bonds. The minimum absolute atomic E-state index is 0.0675. The molecule has 1 aromatic heterocycles. The summed E-state index contributed by atoms with van der Waals surface area (Å²) in [5.74, 6) is 1.67. The van der Waals surface area contributed by atoms with Crippen LogP contribution in [0.1, 0.15) is 0 Å². The lowest BCUT2D eigenvalue weighted by Crippen LogP contribution is -2.01. The van der Waals surface area contributed by atoms with Crippen LogP contribution in [-0.4, -0.2) is 29.1 Å². The van der Waals surface area contributed by atoms with Gasteiger partial charge in [-0.3, -0.25) is 0 Å². The van der Waals surface area contributed by atoms with Gasteiger partial charge in [-0.2, -0.15) is 15.0 Å². The van der Waals surface area contributed by atoms with Gasteiger partial charge in [0.05, 0.1) is 7.11 Å². The molecule has 0 fully saturated rings. The fraction of sp³-hybridized carbons (Fsp3) is 0.182. The number of nitrogens with one attached hydrogen (secondary N) is 1. The zero-order chi connectivity index (χ0) is 13.0. The highest BCUT2D eigenvalue weighted by Gasteiger charge is 2.06. The summed E-state index contributed by atoms with van der Waals surface area (Å²) < 4.78 is 10.5. The van der Waals surface area contributed by atoms with Crippen molar-refractivity contribution in [2.75, 3.05) is 19.5 Å². The Morgan fingerprint density at radius 1 is 1.06 bits per heavy atom. The monoisotopic (exact) mass is 266 g/mol. The van der Waals surface area contributed by atoms with Gasteiger partial charge >= 0.3 is 6.01 Å². The van der Waals surface area contributed by atoms with Gasteiger partial charge in [0.1, 0.15) is 11.5 Å². The minimum atomic E-state index is 0.0675. The number of methoxy groups -OCH3 is 1. The lowest BCUT2D eigenvalue weighted by Gasteiger charge is -2.06. The van der Waals surface area contributed by atoms with Gasteiger partial charge in [-0.1, -0.05) is 0 Å². The van der Waals surface area contributed by atoms with Crippen LogP contribution in [0.25, 0.3) is 0 Å². The van der Waals surface area contributed by atoms with Gasteiger partial charge in [0, 0.05) is 7.05 Å². The van der Waals surface area contributed by atoms with Crippen LogP contribution >= 0.6 is 11.6 Å². The van der Waals surface area contributed by atoms with Crippen LogP contribution in [-0.2, 0) is 0 Å². The molecule has 0 unspecified atom stereocenters. The molecule has 6 nitrogen and oxygen atoms in total. The van der Waals surface area contributed by atoms with E-state index in [1.54, 1.807) is 38.4 Å². The first kappa shape index (κ1) is 12.4. The molecule has 0 aliphatic carbocycles. The molecule has 0 aliphatic rings. The van der Waals surface area contributed by atoms with Gasteiger partial charge in [0.25, 0.3) is 0 Å². The first-order valence-electron chi connectivity index (χ1n) is 5.12. The predicted octanol–water partition coefficient (Wildman–Crippen LogP) is 2.37. The molecule has 0 bridgehead atoms. The molecule has 1 N–H and O–H groups in total. The average Bonchev–Trinajstić information content (AvgIpc) is 2.39. The number of benzene rings is 1. The first-order valence-corrected chi connectivity index (χ1v) is 5.50. The molecule has 2 aromatic rings. The third kappa shape index (κ3) is 2.98. The number of hydrogen-bond donors (Lipinski definition) is 1. The Morgan fingerprint density at radius 2 is 1.72 bits per heavy atom. The second-order valence-electron chi connectivity index (χ2n) is 3.24. The van der Waals surface area contributed by atoms with E-state index in [1.807, 2.05) is 0 Å². The van der Waals surface area contributed by atoms with E-state index in [0.29, 0.717) is 11.7 Å². The maximum Gasteiger partial charge on any atom is 0.328 e. The SMILES string of the molecule is CNc1nc(Cl)nc(Oc2ccc(OC)cc2)n1. The second kappa shape index (κ2) is 5.50. The van der Waals surface area contributed by atoms with Gasteiger partial charge in [-0.25, -0.2) is 0 Å². The van der Waals surface area contributed by atoms with Gasteiger partial charge < -0.3 is 14.8 Å². The molecule has 18 heavy (non-hydrogen) atoms. The molecule has 0 aliphatic heterocycles. The van der Waals surface area contributed by atoms with Crippen molar-refractivity contribution in [3.05, 3.63) is 29.5 Å². The smallest absolute Gasteiger partial charge is 0.328 e. The summed E-state index contributed by atoms with van der Waals surface area (Å²) >= 11 is 5.74. The molecule has 94 valence electrons. The van der Waals surface area contributed by atoms with Crippen molar-refractivity contribution in [1.29, 1.82) is 0 Å². The van der Waals surface area contributed by atoms with E-state index in [1.165, 1.54) is 0 Å². The second-order valence-corrected chi connectivity index (χ2v) is 3.58. The predicted molar refractivity (Wildman–Crippen MR) is 67.5 cm³/mol. The van der Waals surface area contributed by atoms with Crippen molar-refractivity contribution in [2.24, 2.45) is 0 Å². The third-order valence-corrected chi connectivity index (χ3v) is 2.25. The highest BCUT2D eigenvalue weighted by Crippen LogP contribution is 2.22. The summed E-state index contributed by atoms with van der Waals surface area (Å²) in [5.41, 5.74) is 0. The fourth-order valence-corrected chi connectivity index (χ4v) is 1.39. The third-order valence-electron chi connectivity index (χ3n) is 2.08. The van der Waals surface area contributed by atoms with Crippen LogP contribution in [0.2, 0.25) is 5.28 Å². The molecule has 0 spiro atoms. The van der Waals surface area contributed by atoms with Crippen LogP contribution in [0.15, 0.2) is 24.3 Å². The number of hydrogen-bond acceptors (Lipinski definition) is 6. The zero-order valence-electron chi connectivity index (χ0n) is 9.85. The molecule has 2 rings (SSSR count).